The zero-order valence-corrected chi connectivity index (χ0v) is 23.0. The van der Waals surface area contributed by atoms with Crippen molar-refractivity contribution in [1.29, 1.82) is 0 Å². The molecule has 0 bridgehead atoms. The monoisotopic (exact) mass is 522 g/mol. The van der Waals surface area contributed by atoms with Gasteiger partial charge in [0, 0.05) is 35.7 Å². The van der Waals surface area contributed by atoms with Gasteiger partial charge in [0.15, 0.2) is 0 Å². The third kappa shape index (κ3) is 7.10. The lowest BCUT2D eigenvalue weighted by atomic mass is 10.00. The third-order valence-corrected chi connectivity index (χ3v) is 8.50. The number of likely N-dealkylation sites (N-methyl/N-ethyl adjacent to an activating group) is 1. The summed E-state index contributed by atoms with van der Waals surface area (Å²) in [5, 5.41) is 4.49. The number of hydrogen-bond donors (Lipinski definition) is 1. The third-order valence-electron chi connectivity index (χ3n) is 5.47. The molecule has 1 saturated heterocycles. The summed E-state index contributed by atoms with van der Waals surface area (Å²) in [5.41, 5.74) is 3.69. The lowest BCUT2D eigenvalue weighted by molar-refractivity contribution is 0.261. The van der Waals surface area contributed by atoms with Crippen LogP contribution in [0.5, 0.6) is 5.75 Å². The number of nitrogens with one attached hydrogen (secondary N) is 1. The average Bonchev–Trinajstić information content (AvgIpc) is 3.56. The first-order valence-electron chi connectivity index (χ1n) is 11.8. The molecule has 0 amide bonds. The second-order valence-electron chi connectivity index (χ2n) is 8.31. The fourth-order valence-electron chi connectivity index (χ4n) is 3.72. The van der Waals surface area contributed by atoms with Crippen LogP contribution < -0.4 is 10.1 Å². The maximum atomic E-state index is 6.34. The first kappa shape index (κ1) is 27.7. The SMILES string of the molecule is C#C.C/C=C\C=C(/C)c1c(-c2ccc(OCCN(C)C)cc2)oc2ncnc(NCC3SCCS3)c12. The number of nitrogens with zero attached hydrogens (tertiary/aromatic N) is 3. The Bertz CT molecular complexity index is 1190. The number of allylic oxidation sites excluding steroid dienone is 4. The number of furan rings is 1. The lowest BCUT2D eigenvalue weighted by Crippen LogP contribution is -2.19. The molecule has 0 spiro atoms. The quantitative estimate of drug-likeness (QED) is 0.247. The summed E-state index contributed by atoms with van der Waals surface area (Å²) in [4.78, 5) is 11.2. The number of ether oxygens (including phenoxy) is 1. The van der Waals surface area contributed by atoms with Gasteiger partial charge in [-0.3, -0.25) is 0 Å². The number of rotatable bonds is 10. The number of aromatic nitrogens is 2. The van der Waals surface area contributed by atoms with Gasteiger partial charge in [0.2, 0.25) is 5.71 Å². The average molecular weight is 523 g/mol. The summed E-state index contributed by atoms with van der Waals surface area (Å²) < 4.78 is 12.7. The van der Waals surface area contributed by atoms with Crippen molar-refractivity contribution in [3.8, 4) is 29.9 Å². The molecule has 1 N–H and O–H groups in total. The van der Waals surface area contributed by atoms with Crippen LogP contribution in [0.15, 0.2) is 53.2 Å². The minimum Gasteiger partial charge on any atom is -0.492 e. The van der Waals surface area contributed by atoms with E-state index in [0.29, 0.717) is 16.9 Å². The standard InChI is InChI=1S/C26H32N4O2S2.C2H2/c1-5-6-7-18(2)22-23-25(27-16-21-33-14-15-34-21)28-17-29-26(23)32-24(22)19-8-10-20(11-9-19)31-13-12-30(3)4;1-2/h5-11,17,21H,12-16H2,1-4H3,(H,27,28,29);1-2H/b6-5-,18-7+;. The van der Waals surface area contributed by atoms with Gasteiger partial charge in [-0.05, 0) is 57.8 Å². The molecule has 1 aliphatic rings. The molecule has 0 atom stereocenters. The maximum Gasteiger partial charge on any atom is 0.232 e. The largest absolute Gasteiger partial charge is 0.492 e. The molecule has 1 aliphatic heterocycles. The normalized spacial score (nSPS) is 14.4. The first-order valence-corrected chi connectivity index (χ1v) is 13.9. The van der Waals surface area contributed by atoms with Crippen molar-refractivity contribution in [2.24, 2.45) is 0 Å². The van der Waals surface area contributed by atoms with Crippen LogP contribution in [0.3, 0.4) is 0 Å². The number of benzene rings is 1. The molecule has 6 nitrogen and oxygen atoms in total. The van der Waals surface area contributed by atoms with Gasteiger partial charge < -0.3 is 19.4 Å². The molecule has 1 fully saturated rings. The summed E-state index contributed by atoms with van der Waals surface area (Å²) in [6.45, 7) is 6.50. The van der Waals surface area contributed by atoms with E-state index >= 15 is 0 Å². The van der Waals surface area contributed by atoms with Crippen LogP contribution in [0.1, 0.15) is 19.4 Å². The van der Waals surface area contributed by atoms with Crippen LogP contribution >= 0.6 is 23.5 Å². The molecular weight excluding hydrogens is 488 g/mol. The Morgan fingerprint density at radius 1 is 1.19 bits per heavy atom. The number of fused-ring (bicyclic) bond motifs is 1. The van der Waals surface area contributed by atoms with Gasteiger partial charge in [-0.1, -0.05) is 18.2 Å². The molecule has 3 heterocycles. The Balaban J connectivity index is 0.00000176. The highest BCUT2D eigenvalue weighted by Crippen LogP contribution is 2.40. The van der Waals surface area contributed by atoms with E-state index in [1.807, 2.05) is 81.0 Å². The van der Waals surface area contributed by atoms with Crippen molar-refractivity contribution >= 4 is 46.0 Å². The number of terminal acetylenes is 1. The first-order chi connectivity index (χ1) is 17.6. The van der Waals surface area contributed by atoms with Crippen LogP contribution in [0.2, 0.25) is 0 Å². The predicted molar refractivity (Wildman–Crippen MR) is 157 cm³/mol. The summed E-state index contributed by atoms with van der Waals surface area (Å²) >= 11 is 4.00. The fourth-order valence-corrected chi connectivity index (χ4v) is 6.38. The summed E-state index contributed by atoms with van der Waals surface area (Å²) in [6, 6.07) is 8.07. The van der Waals surface area contributed by atoms with Gasteiger partial charge in [0.05, 0.1) is 9.97 Å². The van der Waals surface area contributed by atoms with Crippen LogP contribution in [-0.2, 0) is 0 Å². The summed E-state index contributed by atoms with van der Waals surface area (Å²) in [6.07, 6.45) is 15.7. The summed E-state index contributed by atoms with van der Waals surface area (Å²) in [5.74, 6) is 4.87. The molecule has 190 valence electrons. The number of anilines is 1. The highest BCUT2D eigenvalue weighted by atomic mass is 32.2. The fraction of sp³-hybridized carbons (Fsp3) is 0.357. The van der Waals surface area contributed by atoms with Gasteiger partial charge in [-0.2, -0.15) is 0 Å². The lowest BCUT2D eigenvalue weighted by Gasteiger charge is -2.12. The molecule has 3 aromatic rings. The zero-order chi connectivity index (χ0) is 25.9. The van der Waals surface area contributed by atoms with E-state index in [1.54, 1.807) is 6.33 Å². The second-order valence-corrected chi connectivity index (χ2v) is 11.2. The van der Waals surface area contributed by atoms with E-state index in [-0.39, 0.29) is 0 Å². The van der Waals surface area contributed by atoms with Crippen molar-refractivity contribution in [2.45, 2.75) is 18.4 Å². The van der Waals surface area contributed by atoms with E-state index in [2.05, 4.69) is 46.0 Å². The van der Waals surface area contributed by atoms with Gasteiger partial charge in [0.1, 0.15) is 30.3 Å². The molecule has 0 radical (unpaired) electrons. The molecule has 36 heavy (non-hydrogen) atoms. The van der Waals surface area contributed by atoms with E-state index in [9.17, 15) is 0 Å². The Hall–Kier alpha value is -2.86. The topological polar surface area (TPSA) is 63.4 Å². The Labute approximate surface area is 223 Å². The van der Waals surface area contributed by atoms with Crippen molar-refractivity contribution in [1.82, 2.24) is 14.9 Å². The van der Waals surface area contributed by atoms with Crippen molar-refractivity contribution in [3.63, 3.8) is 0 Å². The van der Waals surface area contributed by atoms with Crippen molar-refractivity contribution in [2.75, 3.05) is 50.6 Å². The number of thioether (sulfide) groups is 2. The van der Waals surface area contributed by atoms with Gasteiger partial charge >= 0.3 is 0 Å². The molecule has 0 aliphatic carbocycles. The maximum absolute atomic E-state index is 6.34. The Kier molecular flexibility index (Phi) is 10.8. The van der Waals surface area contributed by atoms with E-state index in [4.69, 9.17) is 9.15 Å². The predicted octanol–water partition coefficient (Wildman–Crippen LogP) is 6.28. The van der Waals surface area contributed by atoms with E-state index in [1.165, 1.54) is 11.5 Å². The Morgan fingerprint density at radius 2 is 1.92 bits per heavy atom. The Morgan fingerprint density at radius 3 is 2.58 bits per heavy atom. The molecule has 0 saturated carbocycles. The minimum absolute atomic E-state index is 0.541. The van der Waals surface area contributed by atoms with Crippen LogP contribution in [-0.4, -0.2) is 64.7 Å². The molecule has 1 aromatic carbocycles. The smallest absolute Gasteiger partial charge is 0.232 e. The van der Waals surface area contributed by atoms with Crippen molar-refractivity contribution < 1.29 is 9.15 Å². The minimum atomic E-state index is 0.541. The van der Waals surface area contributed by atoms with Gasteiger partial charge in [0.25, 0.3) is 0 Å². The molecule has 8 heteroatoms. The van der Waals surface area contributed by atoms with E-state index in [0.717, 1.165) is 52.5 Å². The summed E-state index contributed by atoms with van der Waals surface area (Å²) in [7, 11) is 4.08. The highest BCUT2D eigenvalue weighted by molar-refractivity contribution is 8.20. The molecule has 0 unspecified atom stereocenters. The van der Waals surface area contributed by atoms with Crippen molar-refractivity contribution in [3.05, 3.63) is 54.4 Å². The molecule has 2 aromatic heterocycles. The number of hydrogen-bond acceptors (Lipinski definition) is 8. The zero-order valence-electron chi connectivity index (χ0n) is 21.4. The highest BCUT2D eigenvalue weighted by Gasteiger charge is 2.23. The van der Waals surface area contributed by atoms with Crippen LogP contribution in [0.4, 0.5) is 5.82 Å². The molecule has 4 rings (SSSR count). The van der Waals surface area contributed by atoms with E-state index < -0.39 is 0 Å². The van der Waals surface area contributed by atoms with Gasteiger partial charge in [-0.25, -0.2) is 9.97 Å². The van der Waals surface area contributed by atoms with Crippen LogP contribution in [0, 0.1) is 12.8 Å². The molecular formula is C28H34N4O2S2. The second kappa shape index (κ2) is 14.0. The van der Waals surface area contributed by atoms with Crippen LogP contribution in [0.25, 0.3) is 28.0 Å². The van der Waals surface area contributed by atoms with Gasteiger partial charge in [-0.15, -0.1) is 36.4 Å².